The molecule has 1 N–H and O–H groups in total. The Morgan fingerprint density at radius 1 is 1.26 bits per heavy atom. The molecule has 0 aromatic carbocycles. The average molecular weight is 319 g/mol. The van der Waals surface area contributed by atoms with E-state index in [-0.39, 0.29) is 17.7 Å². The lowest BCUT2D eigenvalue weighted by Gasteiger charge is -2.18. The summed E-state index contributed by atoms with van der Waals surface area (Å²) in [6.07, 6.45) is 6.33. The van der Waals surface area contributed by atoms with Gasteiger partial charge in [0.1, 0.15) is 0 Å². The van der Waals surface area contributed by atoms with Gasteiger partial charge in [0.05, 0.1) is 17.0 Å². The van der Waals surface area contributed by atoms with E-state index in [2.05, 4.69) is 17.0 Å². The minimum absolute atomic E-state index is 0.214. The van der Waals surface area contributed by atoms with Gasteiger partial charge in [-0.3, -0.25) is 19.6 Å². The maximum Gasteiger partial charge on any atom is 0.235 e. The highest BCUT2D eigenvalue weighted by Gasteiger charge is 2.30. The molecule has 5 heteroatoms. The van der Waals surface area contributed by atoms with E-state index in [0.29, 0.717) is 18.5 Å². The van der Waals surface area contributed by atoms with Crippen LogP contribution in [0.5, 0.6) is 0 Å². The molecule has 5 nitrogen and oxygen atoms in total. The number of aryl methyl sites for hydroxylation is 1. The van der Waals surface area contributed by atoms with Gasteiger partial charge in [-0.1, -0.05) is 52.5 Å². The summed E-state index contributed by atoms with van der Waals surface area (Å²) in [6, 6.07) is 0. The van der Waals surface area contributed by atoms with Crippen LogP contribution in [-0.2, 0) is 16.6 Å². The van der Waals surface area contributed by atoms with Gasteiger partial charge >= 0.3 is 0 Å². The summed E-state index contributed by atoms with van der Waals surface area (Å²) >= 11 is 0. The highest BCUT2D eigenvalue weighted by molar-refractivity contribution is 6.00. The largest absolute Gasteiger partial charge is 0.296 e. The first-order valence-corrected chi connectivity index (χ1v) is 8.24. The zero-order chi connectivity index (χ0) is 18.0. The molecule has 1 aliphatic heterocycles. The van der Waals surface area contributed by atoms with Gasteiger partial charge < -0.3 is 0 Å². The molecule has 2 rings (SSSR count). The number of rotatable bonds is 2. The number of piperidine rings is 1. The molecule has 0 spiro atoms. The molecule has 0 aliphatic carbocycles. The number of nitrogens with one attached hydrogen (secondary N) is 1. The minimum atomic E-state index is -0.371. The summed E-state index contributed by atoms with van der Waals surface area (Å²) in [5.74, 6) is -0.853. The average Bonchev–Trinajstić information content (AvgIpc) is 2.87. The number of hydrogen-bond acceptors (Lipinski definition) is 3. The fraction of sp³-hybridized carbons (Fsp3) is 0.500. The van der Waals surface area contributed by atoms with Gasteiger partial charge in [0.2, 0.25) is 11.8 Å². The summed E-state index contributed by atoms with van der Waals surface area (Å²) < 4.78 is 1.74. The van der Waals surface area contributed by atoms with Crippen LogP contribution in [0, 0.1) is 0 Å². The Balaban J connectivity index is 0.00000112. The Bertz CT molecular complexity index is 657. The van der Waals surface area contributed by atoms with Crippen LogP contribution in [0.1, 0.15) is 59.1 Å². The molecule has 1 aromatic rings. The summed E-state index contributed by atoms with van der Waals surface area (Å²) in [6.45, 7) is 13.6. The summed E-state index contributed by atoms with van der Waals surface area (Å²) in [7, 11) is 1.84. The monoisotopic (exact) mass is 319 g/mol. The molecule has 128 valence electrons. The lowest BCUT2D eigenvalue weighted by molar-refractivity contribution is -0.134. The molecule has 2 heterocycles. The Hall–Kier alpha value is -2.17. The van der Waals surface area contributed by atoms with Crippen molar-refractivity contribution in [1.82, 2.24) is 15.1 Å². The zero-order valence-corrected chi connectivity index (χ0v) is 15.1. The van der Waals surface area contributed by atoms with Crippen molar-refractivity contribution in [3.63, 3.8) is 0 Å². The Kier molecular flexibility index (Phi) is 9.54. The number of nitrogens with zero attached hydrogens (tertiary/aromatic N) is 2. The zero-order valence-electron chi connectivity index (χ0n) is 15.1. The molecular weight excluding hydrogens is 290 g/mol. The van der Waals surface area contributed by atoms with Crippen LogP contribution in [0.3, 0.4) is 0 Å². The standard InChI is InChI=1S/C14H17N3O2.2C2H6/c1-4-6-9-11(5-2)17(3)16-13(9)10-7-8-12(18)15-14(10)19;2*1-2/h4-6,10H,1,7-8H2,2-3H3,(H,15,18,19);2*1-2H3/b9-6+,11-5+;;. The number of imide groups is 1. The van der Waals surface area contributed by atoms with Crippen molar-refractivity contribution in [2.75, 3.05) is 0 Å². The predicted octanol–water partition coefficient (Wildman–Crippen LogP) is 1.76. The van der Waals surface area contributed by atoms with E-state index in [9.17, 15) is 9.59 Å². The topological polar surface area (TPSA) is 64.0 Å². The number of amides is 2. The van der Waals surface area contributed by atoms with Crippen molar-refractivity contribution in [3.8, 4) is 0 Å². The van der Waals surface area contributed by atoms with Gasteiger partial charge in [0, 0.05) is 18.7 Å². The summed E-state index contributed by atoms with van der Waals surface area (Å²) in [5.41, 5.74) is 0.709. The number of carbonyl (C=O) groups excluding carboxylic acids is 2. The van der Waals surface area contributed by atoms with Gasteiger partial charge in [-0.05, 0) is 13.3 Å². The van der Waals surface area contributed by atoms with Crippen LogP contribution in [-0.4, -0.2) is 21.6 Å². The van der Waals surface area contributed by atoms with Gasteiger partial charge in [-0.2, -0.15) is 5.10 Å². The highest BCUT2D eigenvalue weighted by atomic mass is 16.2. The smallest absolute Gasteiger partial charge is 0.235 e. The van der Waals surface area contributed by atoms with Crippen LogP contribution in [0.4, 0.5) is 0 Å². The second-order valence-electron chi connectivity index (χ2n) is 4.50. The van der Waals surface area contributed by atoms with Crippen LogP contribution in [0.15, 0.2) is 12.7 Å². The fourth-order valence-electron chi connectivity index (χ4n) is 2.42. The van der Waals surface area contributed by atoms with E-state index in [1.165, 1.54) is 0 Å². The first-order valence-electron chi connectivity index (χ1n) is 8.24. The maximum absolute atomic E-state index is 11.9. The first-order chi connectivity index (χ1) is 11.1. The van der Waals surface area contributed by atoms with Crippen LogP contribution in [0.2, 0.25) is 0 Å². The molecule has 0 bridgehead atoms. The van der Waals surface area contributed by atoms with Crippen molar-refractivity contribution in [2.24, 2.45) is 7.05 Å². The van der Waals surface area contributed by atoms with Gasteiger partial charge in [-0.25, -0.2) is 0 Å². The molecule has 1 aliphatic rings. The van der Waals surface area contributed by atoms with E-state index >= 15 is 0 Å². The highest BCUT2D eigenvalue weighted by Crippen LogP contribution is 2.20. The lowest BCUT2D eigenvalue weighted by Crippen LogP contribution is -2.41. The number of allylic oxidation sites excluding steroid dienone is 1. The Labute approximate surface area is 138 Å². The van der Waals surface area contributed by atoms with Crippen molar-refractivity contribution >= 4 is 24.0 Å². The van der Waals surface area contributed by atoms with E-state index < -0.39 is 0 Å². The normalized spacial score (nSPS) is 18.4. The minimum Gasteiger partial charge on any atom is -0.296 e. The molecule has 1 aromatic heterocycles. The van der Waals surface area contributed by atoms with Crippen LogP contribution < -0.4 is 15.9 Å². The third-order valence-electron chi connectivity index (χ3n) is 3.29. The van der Waals surface area contributed by atoms with Crippen LogP contribution in [0.25, 0.3) is 12.2 Å². The molecule has 2 amide bonds. The molecular formula is C18H29N3O2. The molecule has 1 fully saturated rings. The van der Waals surface area contributed by atoms with Crippen molar-refractivity contribution in [3.05, 3.63) is 28.9 Å². The third kappa shape index (κ3) is 4.91. The third-order valence-corrected chi connectivity index (χ3v) is 3.29. The van der Waals surface area contributed by atoms with Crippen LogP contribution >= 0.6 is 0 Å². The SMILES string of the molecule is C=C/C=c1/c(C2CCC(=O)NC2=O)nn(C)/c1=C/C.CC.CC. The molecule has 1 atom stereocenters. The lowest BCUT2D eigenvalue weighted by atomic mass is 9.93. The fourth-order valence-corrected chi connectivity index (χ4v) is 2.42. The quantitative estimate of drug-likeness (QED) is 0.845. The molecule has 23 heavy (non-hydrogen) atoms. The van der Waals surface area contributed by atoms with Crippen molar-refractivity contribution in [1.29, 1.82) is 0 Å². The summed E-state index contributed by atoms with van der Waals surface area (Å²) in [5, 5.41) is 8.64. The van der Waals surface area contributed by atoms with Gasteiger partial charge in [-0.15, -0.1) is 0 Å². The number of carbonyl (C=O) groups is 2. The Morgan fingerprint density at radius 2 is 1.87 bits per heavy atom. The second-order valence-corrected chi connectivity index (χ2v) is 4.50. The number of hydrogen-bond donors (Lipinski definition) is 1. The first kappa shape index (κ1) is 20.8. The van der Waals surface area contributed by atoms with E-state index in [1.807, 2.05) is 53.8 Å². The van der Waals surface area contributed by atoms with E-state index in [1.54, 1.807) is 10.8 Å². The van der Waals surface area contributed by atoms with E-state index in [0.717, 1.165) is 10.6 Å². The van der Waals surface area contributed by atoms with Gasteiger partial charge in [0.15, 0.2) is 0 Å². The molecule has 0 saturated carbocycles. The maximum atomic E-state index is 11.9. The van der Waals surface area contributed by atoms with Gasteiger partial charge in [0.25, 0.3) is 0 Å². The van der Waals surface area contributed by atoms with Crippen molar-refractivity contribution < 1.29 is 9.59 Å². The predicted molar refractivity (Wildman–Crippen MR) is 95.1 cm³/mol. The molecule has 0 radical (unpaired) electrons. The molecule has 1 unspecified atom stereocenters. The van der Waals surface area contributed by atoms with E-state index in [4.69, 9.17) is 0 Å². The summed E-state index contributed by atoms with van der Waals surface area (Å²) in [4.78, 5) is 23.1. The molecule has 1 saturated heterocycles. The number of aromatic nitrogens is 2. The van der Waals surface area contributed by atoms with Crippen molar-refractivity contribution in [2.45, 2.75) is 53.4 Å². The second kappa shape index (κ2) is 10.5. The Morgan fingerprint density at radius 3 is 2.35 bits per heavy atom.